The van der Waals surface area contributed by atoms with Gasteiger partial charge in [0.1, 0.15) is 12.0 Å². The molecule has 0 heterocycles. The Balaban J connectivity index is 2.60. The largest absolute Gasteiger partial charge is 0.330 e. The molecule has 0 saturated heterocycles. The van der Waals surface area contributed by atoms with Crippen LogP contribution in [-0.2, 0) is 0 Å². The Hall–Kier alpha value is -0.960. The lowest BCUT2D eigenvalue weighted by atomic mass is 10.1. The Labute approximate surface area is 76.6 Å². The van der Waals surface area contributed by atoms with Crippen LogP contribution in [-0.4, -0.2) is 6.54 Å². The van der Waals surface area contributed by atoms with E-state index in [0.717, 1.165) is 0 Å². The molecule has 1 rings (SSSR count). The van der Waals surface area contributed by atoms with Gasteiger partial charge in [-0.25, -0.2) is 8.78 Å². The molecule has 0 aliphatic rings. The van der Waals surface area contributed by atoms with Crippen LogP contribution in [0.4, 0.5) is 8.78 Å². The van der Waals surface area contributed by atoms with E-state index >= 15 is 0 Å². The molecule has 0 aromatic heterocycles. The van der Waals surface area contributed by atoms with Gasteiger partial charge in [0.25, 0.3) is 0 Å². The summed E-state index contributed by atoms with van der Waals surface area (Å²) in [5, 5.41) is 0. The fourth-order valence-electron chi connectivity index (χ4n) is 1.17. The maximum absolute atomic E-state index is 13.3. The second-order valence-electron chi connectivity index (χ2n) is 2.95. The van der Waals surface area contributed by atoms with Gasteiger partial charge in [-0.05, 0) is 37.1 Å². The molecule has 1 atom stereocenters. The minimum atomic E-state index is -1.10. The van der Waals surface area contributed by atoms with Gasteiger partial charge in [-0.15, -0.1) is 0 Å². The highest BCUT2D eigenvalue weighted by Gasteiger charge is 2.08. The Morgan fingerprint density at radius 1 is 1.38 bits per heavy atom. The molecule has 1 aromatic carbocycles. The summed E-state index contributed by atoms with van der Waals surface area (Å²) in [5.74, 6) is -0.395. The summed E-state index contributed by atoms with van der Waals surface area (Å²) in [7, 11) is 0. The zero-order chi connectivity index (χ0) is 9.68. The third-order valence-corrected chi connectivity index (χ3v) is 1.87. The average molecular weight is 185 g/mol. The number of rotatable bonds is 4. The topological polar surface area (TPSA) is 26.0 Å². The molecular weight excluding hydrogens is 172 g/mol. The summed E-state index contributed by atoms with van der Waals surface area (Å²) in [4.78, 5) is 0. The monoisotopic (exact) mass is 185 g/mol. The van der Waals surface area contributed by atoms with Crippen molar-refractivity contribution in [2.45, 2.75) is 19.0 Å². The number of hydrogen-bond donors (Lipinski definition) is 1. The van der Waals surface area contributed by atoms with Crippen molar-refractivity contribution in [2.75, 3.05) is 6.54 Å². The van der Waals surface area contributed by atoms with E-state index in [0.29, 0.717) is 24.9 Å². The van der Waals surface area contributed by atoms with Gasteiger partial charge in [0.05, 0.1) is 0 Å². The number of hydrogen-bond acceptors (Lipinski definition) is 1. The van der Waals surface area contributed by atoms with Crippen LogP contribution < -0.4 is 5.73 Å². The molecule has 3 heteroatoms. The van der Waals surface area contributed by atoms with Crippen molar-refractivity contribution in [2.24, 2.45) is 5.73 Å². The third-order valence-electron chi connectivity index (χ3n) is 1.87. The van der Waals surface area contributed by atoms with Gasteiger partial charge in [0, 0.05) is 0 Å². The lowest BCUT2D eigenvalue weighted by Gasteiger charge is -2.06. The molecule has 0 spiro atoms. The molecule has 1 unspecified atom stereocenters. The van der Waals surface area contributed by atoms with Crippen LogP contribution in [0.1, 0.15) is 24.6 Å². The van der Waals surface area contributed by atoms with E-state index in [4.69, 9.17) is 5.73 Å². The van der Waals surface area contributed by atoms with Crippen molar-refractivity contribution >= 4 is 0 Å². The molecule has 72 valence electrons. The second-order valence-corrected chi connectivity index (χ2v) is 2.95. The molecule has 0 fully saturated rings. The predicted octanol–water partition coefficient (Wildman–Crippen LogP) is 2.58. The number of alkyl halides is 1. The van der Waals surface area contributed by atoms with Crippen molar-refractivity contribution in [1.29, 1.82) is 0 Å². The molecule has 1 nitrogen and oxygen atoms in total. The van der Waals surface area contributed by atoms with Crippen LogP contribution in [0.5, 0.6) is 0 Å². The summed E-state index contributed by atoms with van der Waals surface area (Å²) >= 11 is 0. The highest BCUT2D eigenvalue weighted by Crippen LogP contribution is 2.22. The minimum Gasteiger partial charge on any atom is -0.330 e. The van der Waals surface area contributed by atoms with Gasteiger partial charge in [-0.1, -0.05) is 12.1 Å². The molecule has 0 aliphatic heterocycles. The second kappa shape index (κ2) is 4.92. The number of halogens is 2. The molecular formula is C10H13F2N. The summed E-state index contributed by atoms with van der Waals surface area (Å²) < 4.78 is 25.9. The molecule has 0 amide bonds. The molecule has 1 aromatic rings. The maximum Gasteiger partial charge on any atom is 0.125 e. The van der Waals surface area contributed by atoms with E-state index in [1.54, 1.807) is 6.07 Å². The lowest BCUT2D eigenvalue weighted by molar-refractivity contribution is 0.317. The van der Waals surface area contributed by atoms with Gasteiger partial charge in [0.2, 0.25) is 0 Å². The summed E-state index contributed by atoms with van der Waals surface area (Å²) in [5.41, 5.74) is 5.64. The van der Waals surface area contributed by atoms with Crippen molar-refractivity contribution in [3.05, 3.63) is 35.6 Å². The van der Waals surface area contributed by atoms with Gasteiger partial charge < -0.3 is 5.73 Å². The van der Waals surface area contributed by atoms with Crippen LogP contribution in [0.25, 0.3) is 0 Å². The van der Waals surface area contributed by atoms with E-state index in [-0.39, 0.29) is 0 Å². The average Bonchev–Trinajstić information content (AvgIpc) is 2.14. The first kappa shape index (κ1) is 10.1. The summed E-state index contributed by atoms with van der Waals surface area (Å²) in [6, 6.07) is 5.63. The molecule has 0 radical (unpaired) electrons. The quantitative estimate of drug-likeness (QED) is 0.766. The summed E-state index contributed by atoms with van der Waals surface area (Å²) in [6.07, 6.45) is -0.114. The van der Waals surface area contributed by atoms with E-state index in [1.807, 2.05) is 0 Å². The maximum atomic E-state index is 13.3. The molecule has 0 aliphatic carbocycles. The molecule has 0 saturated carbocycles. The van der Waals surface area contributed by atoms with Gasteiger partial charge >= 0.3 is 0 Å². The Morgan fingerprint density at radius 3 is 2.77 bits per heavy atom. The first-order valence-corrected chi connectivity index (χ1v) is 4.33. The standard InChI is InChI=1S/C10H13F2N/c11-9-4-1-3-8(7-9)10(12)5-2-6-13/h1,3-4,7,10H,2,5-6,13H2. The zero-order valence-corrected chi connectivity index (χ0v) is 7.34. The SMILES string of the molecule is NCCCC(F)c1cccc(F)c1. The smallest absolute Gasteiger partial charge is 0.125 e. The normalized spacial score (nSPS) is 12.8. The van der Waals surface area contributed by atoms with Crippen molar-refractivity contribution in [3.63, 3.8) is 0 Å². The van der Waals surface area contributed by atoms with Crippen LogP contribution in [0, 0.1) is 5.82 Å². The van der Waals surface area contributed by atoms with Crippen molar-refractivity contribution < 1.29 is 8.78 Å². The van der Waals surface area contributed by atoms with E-state index in [9.17, 15) is 8.78 Å². The highest BCUT2D eigenvalue weighted by atomic mass is 19.1. The fourth-order valence-corrected chi connectivity index (χ4v) is 1.17. The summed E-state index contributed by atoms with van der Waals surface area (Å²) in [6.45, 7) is 0.468. The van der Waals surface area contributed by atoms with E-state index < -0.39 is 12.0 Å². The predicted molar refractivity (Wildman–Crippen MR) is 48.5 cm³/mol. The Kier molecular flexibility index (Phi) is 3.83. The zero-order valence-electron chi connectivity index (χ0n) is 7.34. The van der Waals surface area contributed by atoms with E-state index in [2.05, 4.69) is 0 Å². The van der Waals surface area contributed by atoms with Crippen molar-refractivity contribution in [3.8, 4) is 0 Å². The van der Waals surface area contributed by atoms with Gasteiger partial charge in [-0.3, -0.25) is 0 Å². The number of nitrogens with two attached hydrogens (primary N) is 1. The molecule has 2 N–H and O–H groups in total. The fraction of sp³-hybridized carbons (Fsp3) is 0.400. The van der Waals surface area contributed by atoms with Crippen molar-refractivity contribution in [1.82, 2.24) is 0 Å². The molecule has 0 bridgehead atoms. The Morgan fingerprint density at radius 2 is 2.15 bits per heavy atom. The van der Waals surface area contributed by atoms with Crippen LogP contribution >= 0.6 is 0 Å². The Bertz CT molecular complexity index is 263. The molecule has 13 heavy (non-hydrogen) atoms. The van der Waals surface area contributed by atoms with E-state index in [1.165, 1.54) is 18.2 Å². The van der Waals surface area contributed by atoms with Gasteiger partial charge in [0.15, 0.2) is 0 Å². The van der Waals surface area contributed by atoms with Gasteiger partial charge in [-0.2, -0.15) is 0 Å². The van der Waals surface area contributed by atoms with Crippen LogP contribution in [0.15, 0.2) is 24.3 Å². The lowest BCUT2D eigenvalue weighted by Crippen LogP contribution is -2.01. The van der Waals surface area contributed by atoms with Crippen LogP contribution in [0.2, 0.25) is 0 Å². The first-order valence-electron chi connectivity index (χ1n) is 4.33. The number of benzene rings is 1. The first-order chi connectivity index (χ1) is 6.24. The third kappa shape index (κ3) is 3.11. The highest BCUT2D eigenvalue weighted by molar-refractivity contribution is 5.18. The van der Waals surface area contributed by atoms with Crippen LogP contribution in [0.3, 0.4) is 0 Å². The minimum absolute atomic E-state index is 0.361.